The molecule has 1 aromatic heterocycles. The molecule has 2 rings (SSSR count). The van der Waals surface area contributed by atoms with Crippen molar-refractivity contribution in [3.8, 4) is 0 Å². The molecule has 29 heavy (non-hydrogen) atoms. The number of nitrogens with zero attached hydrogens (tertiary/aromatic N) is 2. The van der Waals surface area contributed by atoms with Gasteiger partial charge in [0.25, 0.3) is 5.56 Å². The molecule has 0 saturated heterocycles. The van der Waals surface area contributed by atoms with Gasteiger partial charge in [0.2, 0.25) is 5.91 Å². The lowest BCUT2D eigenvalue weighted by Gasteiger charge is -2.26. The van der Waals surface area contributed by atoms with Crippen LogP contribution < -0.4 is 21.9 Å². The molecule has 0 aliphatic heterocycles. The summed E-state index contributed by atoms with van der Waals surface area (Å²) in [4.78, 5) is 42.6. The monoisotopic (exact) mass is 418 g/mol. The minimum Gasteiger partial charge on any atom is -0.383 e. The number of H-pyrrole nitrogens is 1. The van der Waals surface area contributed by atoms with Gasteiger partial charge in [0, 0.05) is 18.0 Å². The van der Waals surface area contributed by atoms with E-state index in [1.54, 1.807) is 0 Å². The zero-order valence-corrected chi connectivity index (χ0v) is 18.5. The van der Waals surface area contributed by atoms with E-state index >= 15 is 0 Å². The molecule has 0 atom stereocenters. The van der Waals surface area contributed by atoms with E-state index in [-0.39, 0.29) is 35.0 Å². The van der Waals surface area contributed by atoms with Gasteiger partial charge < -0.3 is 10.6 Å². The first kappa shape index (κ1) is 22.8. The topological polar surface area (TPSA) is 101 Å². The number of benzene rings is 1. The summed E-state index contributed by atoms with van der Waals surface area (Å²) in [6.07, 6.45) is 0. The fourth-order valence-electron chi connectivity index (χ4n) is 2.93. The Morgan fingerprint density at radius 2 is 1.76 bits per heavy atom. The molecule has 0 saturated carbocycles. The zero-order valence-electron chi connectivity index (χ0n) is 17.7. The molecule has 1 amide bonds. The average Bonchev–Trinajstić information content (AvgIpc) is 2.63. The van der Waals surface area contributed by atoms with Crippen molar-refractivity contribution in [3.63, 3.8) is 0 Å². The third kappa shape index (κ3) is 6.00. The quantitative estimate of drug-likeness (QED) is 0.642. The fourth-order valence-corrected chi connectivity index (χ4v) is 3.70. The van der Waals surface area contributed by atoms with Crippen LogP contribution in [0, 0.1) is 18.8 Å². The van der Waals surface area contributed by atoms with Gasteiger partial charge in [-0.3, -0.25) is 19.1 Å². The summed E-state index contributed by atoms with van der Waals surface area (Å²) in [5.74, 6) is 0.239. The number of nitrogens with two attached hydrogens (primary N) is 1. The Bertz CT molecular complexity index is 961. The summed E-state index contributed by atoms with van der Waals surface area (Å²) in [5, 5.41) is 0. The van der Waals surface area contributed by atoms with E-state index in [4.69, 9.17) is 5.73 Å². The van der Waals surface area contributed by atoms with Crippen LogP contribution in [-0.4, -0.2) is 27.8 Å². The van der Waals surface area contributed by atoms with Gasteiger partial charge in [-0.2, -0.15) is 0 Å². The highest BCUT2D eigenvalue weighted by Gasteiger charge is 2.25. The van der Waals surface area contributed by atoms with Crippen LogP contribution in [0.5, 0.6) is 0 Å². The lowest BCUT2D eigenvalue weighted by molar-refractivity contribution is -0.116. The maximum absolute atomic E-state index is 13.1. The van der Waals surface area contributed by atoms with Gasteiger partial charge in [-0.25, -0.2) is 4.79 Å². The van der Waals surface area contributed by atoms with E-state index in [1.165, 1.54) is 21.2 Å². The van der Waals surface area contributed by atoms with E-state index in [9.17, 15) is 14.4 Å². The molecule has 158 valence electrons. The van der Waals surface area contributed by atoms with Crippen LogP contribution in [0.1, 0.15) is 33.3 Å². The fraction of sp³-hybridized carbons (Fsp3) is 0.476. The number of hydrogen-bond donors (Lipinski definition) is 2. The third-order valence-electron chi connectivity index (χ3n) is 4.26. The first-order chi connectivity index (χ1) is 13.6. The highest BCUT2D eigenvalue weighted by atomic mass is 32.2. The van der Waals surface area contributed by atoms with Crippen LogP contribution in [0.4, 0.5) is 11.5 Å². The van der Waals surface area contributed by atoms with Gasteiger partial charge in [0.15, 0.2) is 5.69 Å². The standard InChI is InChI=1S/C21H30N4O3S/c1-13(2)10-24(17(26)12-29-16-8-6-15(5)7-9-16)18-19(22)25(11-14(3)4)21(28)23-20(18)27/h6-9,13-14H,10-12,22H2,1-5H3,(H,23,27,28). The Morgan fingerprint density at radius 1 is 1.14 bits per heavy atom. The Morgan fingerprint density at radius 3 is 2.31 bits per heavy atom. The zero-order chi connectivity index (χ0) is 21.7. The van der Waals surface area contributed by atoms with Crippen LogP contribution in [-0.2, 0) is 11.3 Å². The summed E-state index contributed by atoms with van der Waals surface area (Å²) < 4.78 is 1.33. The van der Waals surface area contributed by atoms with Crippen molar-refractivity contribution >= 4 is 29.2 Å². The molecule has 0 spiro atoms. The van der Waals surface area contributed by atoms with Crippen molar-refractivity contribution in [1.29, 1.82) is 0 Å². The van der Waals surface area contributed by atoms with Crippen LogP contribution in [0.2, 0.25) is 0 Å². The lowest BCUT2D eigenvalue weighted by Crippen LogP contribution is -2.43. The maximum atomic E-state index is 13.1. The lowest BCUT2D eigenvalue weighted by atomic mass is 10.2. The van der Waals surface area contributed by atoms with Crippen LogP contribution >= 0.6 is 11.8 Å². The van der Waals surface area contributed by atoms with Crippen molar-refractivity contribution in [1.82, 2.24) is 9.55 Å². The largest absolute Gasteiger partial charge is 0.383 e. The highest BCUT2D eigenvalue weighted by Crippen LogP contribution is 2.23. The average molecular weight is 419 g/mol. The van der Waals surface area contributed by atoms with E-state index in [1.807, 2.05) is 58.9 Å². The molecule has 0 bridgehead atoms. The Kier molecular flexibility index (Phi) is 7.73. The summed E-state index contributed by atoms with van der Waals surface area (Å²) in [6, 6.07) is 7.90. The number of anilines is 2. The molecule has 2 aromatic rings. The smallest absolute Gasteiger partial charge is 0.330 e. The molecule has 8 heteroatoms. The summed E-state index contributed by atoms with van der Waals surface area (Å²) in [5.41, 5.74) is 6.21. The van der Waals surface area contributed by atoms with Crippen molar-refractivity contribution in [2.24, 2.45) is 11.8 Å². The molecule has 3 N–H and O–H groups in total. The number of rotatable bonds is 8. The number of nitrogens with one attached hydrogen (secondary N) is 1. The van der Waals surface area contributed by atoms with Gasteiger partial charge in [0.1, 0.15) is 5.82 Å². The SMILES string of the molecule is Cc1ccc(SCC(=O)N(CC(C)C)c2c(N)n(CC(C)C)c(=O)[nH]c2=O)cc1. The second-order valence-corrected chi connectivity index (χ2v) is 9.05. The number of thioether (sulfide) groups is 1. The maximum Gasteiger partial charge on any atom is 0.330 e. The van der Waals surface area contributed by atoms with Crippen LogP contribution in [0.15, 0.2) is 38.8 Å². The molecule has 0 radical (unpaired) electrons. The predicted octanol–water partition coefficient (Wildman–Crippen LogP) is 2.86. The van der Waals surface area contributed by atoms with Crippen molar-refractivity contribution in [2.45, 2.75) is 46.1 Å². The molecule has 7 nitrogen and oxygen atoms in total. The summed E-state index contributed by atoms with van der Waals surface area (Å²) in [6.45, 7) is 10.5. The number of carbonyl (C=O) groups excluding carboxylic acids is 1. The van der Waals surface area contributed by atoms with Gasteiger partial charge in [-0.05, 0) is 30.9 Å². The summed E-state index contributed by atoms with van der Waals surface area (Å²) in [7, 11) is 0. The van der Waals surface area contributed by atoms with Gasteiger partial charge in [-0.15, -0.1) is 11.8 Å². The van der Waals surface area contributed by atoms with Crippen molar-refractivity contribution in [2.75, 3.05) is 22.9 Å². The number of nitrogen functional groups attached to an aromatic ring is 1. The number of aromatic nitrogens is 2. The van der Waals surface area contributed by atoms with Gasteiger partial charge in [0.05, 0.1) is 5.75 Å². The highest BCUT2D eigenvalue weighted by molar-refractivity contribution is 8.00. The van der Waals surface area contributed by atoms with E-state index in [2.05, 4.69) is 4.98 Å². The normalized spacial score (nSPS) is 11.3. The third-order valence-corrected chi connectivity index (χ3v) is 5.26. The van der Waals surface area contributed by atoms with Crippen molar-refractivity contribution in [3.05, 3.63) is 50.7 Å². The number of amides is 1. The second-order valence-electron chi connectivity index (χ2n) is 8.00. The minimum atomic E-state index is -0.637. The molecule has 0 unspecified atom stereocenters. The minimum absolute atomic E-state index is 0.0294. The van der Waals surface area contributed by atoms with E-state index < -0.39 is 11.2 Å². The molecular formula is C21H30N4O3S. The van der Waals surface area contributed by atoms with E-state index in [0.29, 0.717) is 13.1 Å². The molecular weight excluding hydrogens is 388 g/mol. The molecule has 0 fully saturated rings. The summed E-state index contributed by atoms with van der Waals surface area (Å²) >= 11 is 1.40. The number of carbonyl (C=O) groups is 1. The first-order valence-electron chi connectivity index (χ1n) is 9.72. The van der Waals surface area contributed by atoms with Crippen LogP contribution in [0.25, 0.3) is 0 Å². The predicted molar refractivity (Wildman–Crippen MR) is 120 cm³/mol. The number of hydrogen-bond acceptors (Lipinski definition) is 5. The van der Waals surface area contributed by atoms with Crippen LogP contribution in [0.3, 0.4) is 0 Å². The molecule has 1 aromatic carbocycles. The van der Waals surface area contributed by atoms with Crippen molar-refractivity contribution < 1.29 is 4.79 Å². The second kappa shape index (κ2) is 9.82. The number of aromatic amines is 1. The molecule has 0 aliphatic carbocycles. The Hall–Kier alpha value is -2.48. The molecule has 0 aliphatic rings. The van der Waals surface area contributed by atoms with Gasteiger partial charge in [-0.1, -0.05) is 45.4 Å². The first-order valence-corrected chi connectivity index (χ1v) is 10.7. The van der Waals surface area contributed by atoms with Gasteiger partial charge >= 0.3 is 5.69 Å². The van der Waals surface area contributed by atoms with E-state index in [0.717, 1.165) is 10.5 Å². The number of aryl methyl sites for hydroxylation is 1. The Labute approximate surface area is 175 Å². The Balaban J connectivity index is 2.38. The molecule has 1 heterocycles.